The van der Waals surface area contributed by atoms with Crippen LogP contribution in [-0.4, -0.2) is 59.8 Å². The van der Waals surface area contributed by atoms with Gasteiger partial charge in [-0.3, -0.25) is 4.98 Å². The lowest BCUT2D eigenvalue weighted by Crippen LogP contribution is -2.60. The zero-order valence-corrected chi connectivity index (χ0v) is 15.3. The minimum Gasteiger partial charge on any atom is -0.456 e. The van der Waals surface area contributed by atoms with Gasteiger partial charge in [0.1, 0.15) is 24.9 Å². The van der Waals surface area contributed by atoms with E-state index >= 15 is 0 Å². The fourth-order valence-corrected chi connectivity index (χ4v) is 3.68. The second-order valence-electron chi connectivity index (χ2n) is 7.62. The maximum atomic E-state index is 12.3. The monoisotopic (exact) mass is 365 g/mol. The lowest BCUT2D eigenvalue weighted by Gasteiger charge is -2.40. The topological polar surface area (TPSA) is 85.3 Å². The molecule has 0 bridgehead atoms. The summed E-state index contributed by atoms with van der Waals surface area (Å²) in [5, 5.41) is 0. The minimum atomic E-state index is -1.24. The standard InChI is InChI=1S/C18H23NO7/c1-16(2)23-12-9-22-18(10-21-15(20)11-6-5-7-19-8-11)14(13(12)24-16)25-17(3,4)26-18/h5-8,12-14H,9-10H2,1-4H3/t12-,13-,14+,18+/m1/s1. The first-order valence-electron chi connectivity index (χ1n) is 8.65. The van der Waals surface area contributed by atoms with Crippen LogP contribution in [-0.2, 0) is 28.4 Å². The molecule has 3 fully saturated rings. The van der Waals surface area contributed by atoms with Crippen molar-refractivity contribution in [1.29, 1.82) is 0 Å². The van der Waals surface area contributed by atoms with E-state index < -0.39 is 29.4 Å². The third-order valence-electron chi connectivity index (χ3n) is 4.58. The number of esters is 1. The Morgan fingerprint density at radius 1 is 1.23 bits per heavy atom. The van der Waals surface area contributed by atoms with Crippen molar-refractivity contribution >= 4 is 5.97 Å². The predicted molar refractivity (Wildman–Crippen MR) is 87.1 cm³/mol. The van der Waals surface area contributed by atoms with Gasteiger partial charge in [0.05, 0.1) is 12.2 Å². The summed E-state index contributed by atoms with van der Waals surface area (Å²) in [4.78, 5) is 16.2. The van der Waals surface area contributed by atoms with Crippen LogP contribution in [0.1, 0.15) is 38.1 Å². The van der Waals surface area contributed by atoms with Gasteiger partial charge >= 0.3 is 5.97 Å². The third-order valence-corrected chi connectivity index (χ3v) is 4.58. The number of hydrogen-bond donors (Lipinski definition) is 0. The maximum absolute atomic E-state index is 12.3. The molecule has 3 saturated heterocycles. The van der Waals surface area contributed by atoms with Gasteiger partial charge in [0, 0.05) is 12.4 Å². The summed E-state index contributed by atoms with van der Waals surface area (Å²) in [5.74, 6) is -3.39. The van der Waals surface area contributed by atoms with Crippen LogP contribution < -0.4 is 0 Å². The van der Waals surface area contributed by atoms with E-state index in [1.807, 2.05) is 13.8 Å². The highest BCUT2D eigenvalue weighted by atomic mass is 16.9. The largest absolute Gasteiger partial charge is 0.456 e. The van der Waals surface area contributed by atoms with Crippen LogP contribution >= 0.6 is 0 Å². The number of fused-ring (bicyclic) bond motifs is 3. The highest BCUT2D eigenvalue weighted by Crippen LogP contribution is 2.47. The highest BCUT2D eigenvalue weighted by Gasteiger charge is 2.65. The Labute approximate surface area is 151 Å². The number of carbonyl (C=O) groups is 1. The SMILES string of the molecule is CC1(C)O[C@@H]2[C@@H](CO[C@@]3(COC(=O)c4cccnc4)OC(C)(C)O[C@@H]23)O1. The van der Waals surface area contributed by atoms with Crippen molar-refractivity contribution in [3.8, 4) is 0 Å². The Bertz CT molecular complexity index is 692. The minimum absolute atomic E-state index is 0.123. The molecule has 0 unspecified atom stereocenters. The zero-order valence-electron chi connectivity index (χ0n) is 15.3. The average Bonchev–Trinajstić information content (AvgIpc) is 3.05. The molecule has 0 aromatic carbocycles. The van der Waals surface area contributed by atoms with Crippen molar-refractivity contribution in [3.05, 3.63) is 30.1 Å². The summed E-state index contributed by atoms with van der Waals surface area (Å²) in [6, 6.07) is 3.30. The van der Waals surface area contributed by atoms with Gasteiger partial charge in [0.15, 0.2) is 11.6 Å². The number of hydrogen-bond acceptors (Lipinski definition) is 8. The molecule has 142 valence electrons. The molecule has 0 aliphatic carbocycles. The summed E-state index contributed by atoms with van der Waals surface area (Å²) in [6.07, 6.45) is 1.81. The zero-order chi connectivity index (χ0) is 18.6. The second-order valence-corrected chi connectivity index (χ2v) is 7.62. The second kappa shape index (κ2) is 5.97. The lowest BCUT2D eigenvalue weighted by atomic mass is 9.97. The van der Waals surface area contributed by atoms with Gasteiger partial charge in [-0.2, -0.15) is 0 Å². The first-order valence-corrected chi connectivity index (χ1v) is 8.65. The lowest BCUT2D eigenvalue weighted by molar-refractivity contribution is -0.293. The molecule has 0 amide bonds. The van der Waals surface area contributed by atoms with Crippen LogP contribution in [0.15, 0.2) is 24.5 Å². The van der Waals surface area contributed by atoms with Crippen molar-refractivity contribution in [1.82, 2.24) is 4.98 Å². The highest BCUT2D eigenvalue weighted by molar-refractivity contribution is 5.88. The molecule has 1 aromatic rings. The average molecular weight is 365 g/mol. The van der Waals surface area contributed by atoms with Gasteiger partial charge in [-0.25, -0.2) is 4.79 Å². The first kappa shape index (κ1) is 17.8. The maximum Gasteiger partial charge on any atom is 0.339 e. The molecule has 8 nitrogen and oxygen atoms in total. The molecule has 26 heavy (non-hydrogen) atoms. The third kappa shape index (κ3) is 3.12. The van der Waals surface area contributed by atoms with Crippen molar-refractivity contribution in [3.63, 3.8) is 0 Å². The molecule has 0 saturated carbocycles. The molecule has 8 heteroatoms. The first-order chi connectivity index (χ1) is 12.2. The summed E-state index contributed by atoms with van der Waals surface area (Å²) in [7, 11) is 0. The van der Waals surface area contributed by atoms with Crippen LogP contribution in [0, 0.1) is 0 Å². The van der Waals surface area contributed by atoms with E-state index in [4.69, 9.17) is 28.4 Å². The summed E-state index contributed by atoms with van der Waals surface area (Å²) in [6.45, 7) is 7.40. The molecule has 4 heterocycles. The van der Waals surface area contributed by atoms with Gasteiger partial charge in [-0.15, -0.1) is 0 Å². The van der Waals surface area contributed by atoms with E-state index in [2.05, 4.69) is 4.98 Å². The van der Waals surface area contributed by atoms with E-state index in [1.54, 1.807) is 32.2 Å². The van der Waals surface area contributed by atoms with Crippen LogP contribution in [0.25, 0.3) is 0 Å². The molecular weight excluding hydrogens is 342 g/mol. The number of rotatable bonds is 3. The molecule has 3 aliphatic heterocycles. The molecule has 1 aromatic heterocycles. The molecule has 0 spiro atoms. The van der Waals surface area contributed by atoms with Gasteiger partial charge in [-0.1, -0.05) is 0 Å². The summed E-state index contributed by atoms with van der Waals surface area (Å²) < 4.78 is 35.4. The van der Waals surface area contributed by atoms with E-state index in [1.165, 1.54) is 6.20 Å². The Hall–Kier alpha value is -1.58. The van der Waals surface area contributed by atoms with Gasteiger partial charge in [-0.05, 0) is 39.8 Å². The van der Waals surface area contributed by atoms with Crippen molar-refractivity contribution in [2.75, 3.05) is 13.2 Å². The van der Waals surface area contributed by atoms with Crippen molar-refractivity contribution in [2.45, 2.75) is 63.4 Å². The molecule has 0 radical (unpaired) electrons. The van der Waals surface area contributed by atoms with Gasteiger partial charge in [0.25, 0.3) is 0 Å². The quantitative estimate of drug-likeness (QED) is 0.748. The van der Waals surface area contributed by atoms with Crippen molar-refractivity contribution < 1.29 is 33.2 Å². The Kier molecular flexibility index (Phi) is 4.09. The van der Waals surface area contributed by atoms with Gasteiger partial charge < -0.3 is 28.4 Å². The van der Waals surface area contributed by atoms with Crippen LogP contribution in [0.2, 0.25) is 0 Å². The summed E-state index contributed by atoms with van der Waals surface area (Å²) in [5.41, 5.74) is 0.355. The fraction of sp³-hybridized carbons (Fsp3) is 0.667. The Morgan fingerprint density at radius 3 is 2.77 bits per heavy atom. The summed E-state index contributed by atoms with van der Waals surface area (Å²) >= 11 is 0. The number of ether oxygens (including phenoxy) is 6. The van der Waals surface area contributed by atoms with E-state index in [-0.39, 0.29) is 25.4 Å². The Morgan fingerprint density at radius 2 is 2.04 bits per heavy atom. The van der Waals surface area contributed by atoms with E-state index in [0.29, 0.717) is 5.56 Å². The predicted octanol–water partition coefficient (Wildman–Crippen LogP) is 1.64. The fourth-order valence-electron chi connectivity index (χ4n) is 3.68. The molecule has 0 N–H and O–H groups in total. The molecular formula is C18H23NO7. The van der Waals surface area contributed by atoms with Crippen LogP contribution in [0.5, 0.6) is 0 Å². The smallest absolute Gasteiger partial charge is 0.339 e. The molecule has 3 aliphatic rings. The van der Waals surface area contributed by atoms with Crippen LogP contribution in [0.4, 0.5) is 0 Å². The molecule has 4 atom stereocenters. The van der Waals surface area contributed by atoms with Crippen LogP contribution in [0.3, 0.4) is 0 Å². The van der Waals surface area contributed by atoms with Crippen molar-refractivity contribution in [2.24, 2.45) is 0 Å². The number of aromatic nitrogens is 1. The number of pyridine rings is 1. The van der Waals surface area contributed by atoms with E-state index in [9.17, 15) is 4.79 Å². The number of nitrogens with zero attached hydrogens (tertiary/aromatic N) is 1. The van der Waals surface area contributed by atoms with Gasteiger partial charge in [0.2, 0.25) is 5.79 Å². The Balaban J connectivity index is 1.54. The molecule has 4 rings (SSSR count). The van der Waals surface area contributed by atoms with E-state index in [0.717, 1.165) is 0 Å². The normalized spacial score (nSPS) is 37.0. The number of carbonyl (C=O) groups excluding carboxylic acids is 1.